The molecule has 0 aromatic rings. The van der Waals surface area contributed by atoms with Crippen molar-refractivity contribution >= 4 is 54.1 Å². The van der Waals surface area contributed by atoms with E-state index in [-0.39, 0.29) is 0 Å². The number of unbranched alkanes of at least 4 members (excludes halogenated alkanes) is 1. The zero-order valence-corrected chi connectivity index (χ0v) is 13.7. The molecular weight excluding hydrogens is 520 g/mol. The average Bonchev–Trinajstić information content (AvgIpc) is 1.65. The van der Waals surface area contributed by atoms with Crippen LogP contribution in [0.15, 0.2) is 0 Å². The van der Waals surface area contributed by atoms with Gasteiger partial charge >= 0.3 is 63.3 Å². The summed E-state index contributed by atoms with van der Waals surface area (Å²) in [7, 11) is -0.633. The third-order valence-corrected chi connectivity index (χ3v) is 0.354. The van der Waals surface area contributed by atoms with Crippen molar-refractivity contribution in [2.45, 2.75) is 19.8 Å². The summed E-state index contributed by atoms with van der Waals surface area (Å²) in [5.74, 6) is 0. The maximum absolute atomic E-state index is 3.60. The second-order valence-electron chi connectivity index (χ2n) is 1.07. The Labute approximate surface area is 87.7 Å². The van der Waals surface area contributed by atoms with Gasteiger partial charge in [-0.1, -0.05) is 13.3 Å². The van der Waals surface area contributed by atoms with Gasteiger partial charge in [0.15, 0.2) is 0 Å². The van der Waals surface area contributed by atoms with Crippen LogP contribution in [0.25, 0.3) is 0 Å². The molecule has 0 N–H and O–H groups in total. The van der Waals surface area contributed by atoms with Crippen molar-refractivity contribution in [1.82, 2.24) is 0 Å². The first-order valence-corrected chi connectivity index (χ1v) is 24.2. The summed E-state index contributed by atoms with van der Waals surface area (Å²) in [6.07, 6.45) is 2.28. The summed E-state index contributed by atoms with van der Waals surface area (Å²) in [5, 5.41) is 0. The SMILES string of the molecule is [CH2-]CCC.[I][Zr]([I])[I]. The van der Waals surface area contributed by atoms with Crippen molar-refractivity contribution in [2.24, 2.45) is 0 Å². The van der Waals surface area contributed by atoms with Gasteiger partial charge in [0.25, 0.3) is 0 Å². The molecule has 0 fully saturated rings. The van der Waals surface area contributed by atoms with Crippen LogP contribution in [0.4, 0.5) is 0 Å². The molecule has 51 valence electrons. The molecule has 0 aliphatic carbocycles. The second kappa shape index (κ2) is 12.7. The Morgan fingerprint density at radius 3 is 1.50 bits per heavy atom. The molecule has 0 spiro atoms. The summed E-state index contributed by atoms with van der Waals surface area (Å²) < 4.78 is 0. The van der Waals surface area contributed by atoms with E-state index in [9.17, 15) is 0 Å². The minimum absolute atomic E-state index is 0.633. The molecule has 0 heterocycles. The zero-order chi connectivity index (χ0) is 6.99. The van der Waals surface area contributed by atoms with E-state index in [1.807, 2.05) is 0 Å². The number of hydrogen-bond donors (Lipinski definition) is 0. The molecule has 0 aromatic carbocycles. The van der Waals surface area contributed by atoms with Crippen LogP contribution in [0.3, 0.4) is 0 Å². The minimum atomic E-state index is -0.633. The topological polar surface area (TPSA) is 0 Å². The Kier molecular flexibility index (Phi) is 21.7. The molecule has 0 rings (SSSR count). The average molecular weight is 529 g/mol. The van der Waals surface area contributed by atoms with E-state index in [0.717, 1.165) is 6.42 Å². The van der Waals surface area contributed by atoms with Crippen LogP contribution >= 0.6 is 54.1 Å². The second-order valence-corrected chi connectivity index (χ2v) is 57.9. The zero-order valence-electron chi connectivity index (χ0n) is 4.76. The maximum atomic E-state index is 3.60. The van der Waals surface area contributed by atoms with Crippen molar-refractivity contribution in [2.75, 3.05) is 0 Å². The normalized spacial score (nSPS) is 7.12. The molecule has 0 saturated carbocycles. The van der Waals surface area contributed by atoms with Crippen molar-refractivity contribution in [3.8, 4) is 0 Å². The van der Waals surface area contributed by atoms with E-state index in [0.29, 0.717) is 0 Å². The van der Waals surface area contributed by atoms with Crippen molar-refractivity contribution in [1.29, 1.82) is 0 Å². The third-order valence-electron chi connectivity index (χ3n) is 0.354. The van der Waals surface area contributed by atoms with E-state index in [4.69, 9.17) is 0 Å². The van der Waals surface area contributed by atoms with Crippen LogP contribution < -0.4 is 0 Å². The van der Waals surface area contributed by atoms with Gasteiger partial charge in [-0.25, -0.2) is 0 Å². The Bertz CT molecular complexity index is 27.7. The number of rotatable bonds is 1. The molecular formula is C4H9I3Zr-. The summed E-state index contributed by atoms with van der Waals surface area (Å²) in [6, 6.07) is 0. The monoisotopic (exact) mass is 528 g/mol. The molecule has 0 amide bonds. The van der Waals surface area contributed by atoms with Crippen LogP contribution in [0.5, 0.6) is 0 Å². The van der Waals surface area contributed by atoms with Crippen LogP contribution in [-0.2, 0) is 9.18 Å². The number of hydrogen-bond acceptors (Lipinski definition) is 0. The van der Waals surface area contributed by atoms with E-state index in [1.54, 1.807) is 0 Å². The molecule has 0 atom stereocenters. The van der Waals surface area contributed by atoms with E-state index in [2.05, 4.69) is 68.0 Å². The van der Waals surface area contributed by atoms with Crippen molar-refractivity contribution in [3.63, 3.8) is 0 Å². The molecule has 0 aliphatic heterocycles. The first-order chi connectivity index (χ1) is 3.65. The van der Waals surface area contributed by atoms with Gasteiger partial charge in [-0.3, -0.25) is 0 Å². The predicted molar refractivity (Wildman–Crippen MR) is 62.3 cm³/mol. The fraction of sp³-hybridized carbons (Fsp3) is 0.750. The fourth-order valence-electron chi connectivity index (χ4n) is 0. The molecule has 0 bridgehead atoms. The molecule has 0 aliphatic rings. The van der Waals surface area contributed by atoms with Crippen molar-refractivity contribution in [3.05, 3.63) is 6.92 Å². The standard InChI is InChI=1S/C4H9.3HI.Zr/c1-3-4-2;;;;/h1,3-4H2,2H3;3*1H;/q-1;;;;+3/p-3. The van der Waals surface area contributed by atoms with E-state index >= 15 is 0 Å². The van der Waals surface area contributed by atoms with Gasteiger partial charge in [0.2, 0.25) is 0 Å². The van der Waals surface area contributed by atoms with Gasteiger partial charge in [0, 0.05) is 0 Å². The summed E-state index contributed by atoms with van der Waals surface area (Å²) in [6.45, 7) is 5.72. The first kappa shape index (κ1) is 13.6. The molecule has 0 unspecified atom stereocenters. The molecule has 8 heavy (non-hydrogen) atoms. The Morgan fingerprint density at radius 2 is 1.50 bits per heavy atom. The van der Waals surface area contributed by atoms with Gasteiger partial charge in [-0.05, 0) is 0 Å². The third kappa shape index (κ3) is 35.6. The molecule has 4 heteroatoms. The molecule has 0 saturated heterocycles. The van der Waals surface area contributed by atoms with Gasteiger partial charge < -0.3 is 6.92 Å². The predicted octanol–water partition coefficient (Wildman–Crippen LogP) is 4.28. The summed E-state index contributed by atoms with van der Waals surface area (Å²) >= 11 is 7.54. The quantitative estimate of drug-likeness (QED) is 0.352. The van der Waals surface area contributed by atoms with E-state index < -0.39 is 9.18 Å². The van der Waals surface area contributed by atoms with E-state index in [1.165, 1.54) is 6.42 Å². The van der Waals surface area contributed by atoms with Crippen LogP contribution in [0, 0.1) is 6.92 Å². The summed E-state index contributed by atoms with van der Waals surface area (Å²) in [4.78, 5) is 0. The Morgan fingerprint density at radius 1 is 1.38 bits per heavy atom. The fourth-order valence-corrected chi connectivity index (χ4v) is 0. The van der Waals surface area contributed by atoms with Crippen LogP contribution in [0.2, 0.25) is 0 Å². The van der Waals surface area contributed by atoms with Crippen molar-refractivity contribution < 1.29 is 9.18 Å². The first-order valence-electron chi connectivity index (χ1n) is 2.27. The molecule has 0 radical (unpaired) electrons. The van der Waals surface area contributed by atoms with Gasteiger partial charge in [0.05, 0.1) is 0 Å². The van der Waals surface area contributed by atoms with Crippen LogP contribution in [-0.4, -0.2) is 0 Å². The van der Waals surface area contributed by atoms with Gasteiger partial charge in [-0.2, -0.15) is 6.42 Å². The number of halogens is 3. The Balaban J connectivity index is 0. The van der Waals surface area contributed by atoms with Gasteiger partial charge in [-0.15, -0.1) is 0 Å². The summed E-state index contributed by atoms with van der Waals surface area (Å²) in [5.41, 5.74) is 0. The Hall–Kier alpha value is 3.07. The van der Waals surface area contributed by atoms with Gasteiger partial charge in [0.1, 0.15) is 0 Å². The van der Waals surface area contributed by atoms with Crippen LogP contribution in [0.1, 0.15) is 19.8 Å². The molecule has 0 aromatic heterocycles. The molecule has 0 nitrogen and oxygen atoms in total.